The number of ether oxygens (including phenoxy) is 1. The van der Waals surface area contributed by atoms with Crippen molar-refractivity contribution in [3.8, 4) is 11.4 Å². The Morgan fingerprint density at radius 2 is 2.07 bits per heavy atom. The maximum absolute atomic E-state index is 12.8. The predicted octanol–water partition coefficient (Wildman–Crippen LogP) is 2.90. The van der Waals surface area contributed by atoms with Gasteiger partial charge in [-0.05, 0) is 30.2 Å². The standard InChI is InChI=1S/C21H18N6O2S/c1-29-16-7-4-6-15(11-16)27-20-19(24-25-27)21(23-13-22-20)30-12-18(28)26-10-9-14-5-2-3-8-17(14)26/h2-8,11,13H,9-10,12H2,1H3. The first-order chi connectivity index (χ1) is 14.7. The number of anilines is 1. The minimum Gasteiger partial charge on any atom is -0.497 e. The number of nitrogens with zero attached hydrogens (tertiary/aromatic N) is 6. The van der Waals surface area contributed by atoms with E-state index in [-0.39, 0.29) is 11.7 Å². The second-order valence-corrected chi connectivity index (χ2v) is 7.73. The monoisotopic (exact) mass is 418 g/mol. The number of methoxy groups -OCH3 is 1. The van der Waals surface area contributed by atoms with Crippen molar-refractivity contribution in [2.45, 2.75) is 11.4 Å². The van der Waals surface area contributed by atoms with E-state index in [4.69, 9.17) is 4.74 Å². The number of aromatic nitrogens is 5. The lowest BCUT2D eigenvalue weighted by atomic mass is 10.2. The van der Waals surface area contributed by atoms with Crippen LogP contribution in [0.4, 0.5) is 5.69 Å². The molecule has 2 aromatic carbocycles. The van der Waals surface area contributed by atoms with Gasteiger partial charge in [-0.15, -0.1) is 5.10 Å². The fourth-order valence-corrected chi connectivity index (χ4v) is 4.36. The van der Waals surface area contributed by atoms with Crippen LogP contribution in [0, 0.1) is 0 Å². The van der Waals surface area contributed by atoms with Gasteiger partial charge in [0.25, 0.3) is 0 Å². The molecule has 0 N–H and O–H groups in total. The van der Waals surface area contributed by atoms with Gasteiger partial charge >= 0.3 is 0 Å². The van der Waals surface area contributed by atoms with Crippen molar-refractivity contribution in [1.29, 1.82) is 0 Å². The minimum absolute atomic E-state index is 0.0527. The lowest BCUT2D eigenvalue weighted by molar-refractivity contribution is -0.116. The smallest absolute Gasteiger partial charge is 0.237 e. The summed E-state index contributed by atoms with van der Waals surface area (Å²) in [5, 5.41) is 9.13. The van der Waals surface area contributed by atoms with E-state index in [1.54, 1.807) is 11.8 Å². The third-order valence-corrected chi connectivity index (χ3v) is 5.99. The number of rotatable bonds is 5. The molecule has 5 rings (SSSR count). The van der Waals surface area contributed by atoms with Gasteiger partial charge in [0.05, 0.1) is 18.6 Å². The van der Waals surface area contributed by atoms with Crippen LogP contribution in [0.15, 0.2) is 59.9 Å². The molecule has 150 valence electrons. The average molecular weight is 418 g/mol. The largest absolute Gasteiger partial charge is 0.497 e. The highest BCUT2D eigenvalue weighted by Crippen LogP contribution is 2.30. The van der Waals surface area contributed by atoms with Gasteiger partial charge in [-0.25, -0.2) is 9.97 Å². The molecule has 0 bridgehead atoms. The molecule has 1 aliphatic rings. The maximum atomic E-state index is 12.8. The molecule has 30 heavy (non-hydrogen) atoms. The van der Waals surface area contributed by atoms with E-state index < -0.39 is 0 Å². The van der Waals surface area contributed by atoms with Gasteiger partial charge in [-0.3, -0.25) is 4.79 Å². The van der Waals surface area contributed by atoms with Gasteiger partial charge < -0.3 is 9.64 Å². The van der Waals surface area contributed by atoms with Crippen molar-refractivity contribution in [3.05, 3.63) is 60.4 Å². The SMILES string of the molecule is COc1cccc(-n2nnc3c(SCC(=O)N4CCc5ccccc54)ncnc32)c1. The molecule has 9 heteroatoms. The zero-order valence-corrected chi connectivity index (χ0v) is 17.0. The first kappa shape index (κ1) is 18.6. The molecule has 8 nitrogen and oxygen atoms in total. The third-order valence-electron chi connectivity index (χ3n) is 5.02. The van der Waals surface area contributed by atoms with E-state index in [0.717, 1.165) is 23.5 Å². The number of hydrogen-bond donors (Lipinski definition) is 0. The number of para-hydroxylation sites is 1. The number of hydrogen-bond acceptors (Lipinski definition) is 7. The third kappa shape index (κ3) is 3.26. The molecule has 0 radical (unpaired) electrons. The van der Waals surface area contributed by atoms with Gasteiger partial charge in [0.2, 0.25) is 5.91 Å². The van der Waals surface area contributed by atoms with Crippen LogP contribution in [0.5, 0.6) is 5.75 Å². The summed E-state index contributed by atoms with van der Waals surface area (Å²) in [4.78, 5) is 23.3. The first-order valence-corrected chi connectivity index (χ1v) is 10.4. The van der Waals surface area contributed by atoms with Crippen LogP contribution in [0.2, 0.25) is 0 Å². The molecule has 0 atom stereocenters. The molecule has 0 unspecified atom stereocenters. The van der Waals surface area contributed by atoms with E-state index in [0.29, 0.717) is 22.7 Å². The molecular formula is C21H18N6O2S. The Hall–Kier alpha value is -3.46. The van der Waals surface area contributed by atoms with Crippen LogP contribution in [0.1, 0.15) is 5.56 Å². The minimum atomic E-state index is 0.0527. The van der Waals surface area contributed by atoms with Crippen LogP contribution >= 0.6 is 11.8 Å². The fourth-order valence-electron chi connectivity index (χ4n) is 3.56. The van der Waals surface area contributed by atoms with Crippen molar-refractivity contribution in [2.24, 2.45) is 0 Å². The Morgan fingerprint density at radius 3 is 2.97 bits per heavy atom. The summed E-state index contributed by atoms with van der Waals surface area (Å²) in [6.07, 6.45) is 2.36. The van der Waals surface area contributed by atoms with E-state index >= 15 is 0 Å². The highest BCUT2D eigenvalue weighted by molar-refractivity contribution is 8.00. The molecule has 0 saturated heterocycles. The van der Waals surface area contributed by atoms with Gasteiger partial charge in [0.15, 0.2) is 11.2 Å². The topological polar surface area (TPSA) is 86.0 Å². The summed E-state index contributed by atoms with van der Waals surface area (Å²) < 4.78 is 6.93. The van der Waals surface area contributed by atoms with E-state index in [2.05, 4.69) is 26.3 Å². The van der Waals surface area contributed by atoms with E-state index in [1.165, 1.54) is 23.7 Å². The average Bonchev–Trinajstić information content (AvgIpc) is 3.42. The molecule has 0 spiro atoms. The molecule has 1 aliphatic heterocycles. The first-order valence-electron chi connectivity index (χ1n) is 9.46. The van der Waals surface area contributed by atoms with Crippen molar-refractivity contribution in [3.63, 3.8) is 0 Å². The van der Waals surface area contributed by atoms with Gasteiger partial charge in [-0.2, -0.15) is 4.68 Å². The van der Waals surface area contributed by atoms with Crippen LogP contribution in [-0.2, 0) is 11.2 Å². The van der Waals surface area contributed by atoms with Crippen molar-refractivity contribution < 1.29 is 9.53 Å². The number of thioether (sulfide) groups is 1. The number of carbonyl (C=O) groups excluding carboxylic acids is 1. The van der Waals surface area contributed by atoms with Crippen LogP contribution in [0.3, 0.4) is 0 Å². The van der Waals surface area contributed by atoms with Crippen molar-refractivity contribution in [1.82, 2.24) is 25.0 Å². The molecule has 0 fully saturated rings. The molecule has 1 amide bonds. The molecular weight excluding hydrogens is 400 g/mol. The number of amides is 1. The number of fused-ring (bicyclic) bond motifs is 2. The Bertz CT molecular complexity index is 1240. The zero-order valence-electron chi connectivity index (χ0n) is 16.2. The summed E-state index contributed by atoms with van der Waals surface area (Å²) in [6.45, 7) is 0.712. The molecule has 0 aliphatic carbocycles. The number of carbonyl (C=O) groups is 1. The second kappa shape index (κ2) is 7.75. The molecule has 2 aromatic heterocycles. The molecule has 4 aromatic rings. The summed E-state index contributed by atoms with van der Waals surface area (Å²) >= 11 is 1.35. The maximum Gasteiger partial charge on any atom is 0.237 e. The normalized spacial score (nSPS) is 12.9. The van der Waals surface area contributed by atoms with Crippen molar-refractivity contribution >= 4 is 34.5 Å². The highest BCUT2D eigenvalue weighted by atomic mass is 32.2. The Balaban J connectivity index is 1.38. The zero-order chi connectivity index (χ0) is 20.5. The van der Waals surface area contributed by atoms with Crippen molar-refractivity contribution in [2.75, 3.05) is 24.3 Å². The van der Waals surface area contributed by atoms with E-state index in [9.17, 15) is 4.79 Å². The summed E-state index contributed by atoms with van der Waals surface area (Å²) in [6, 6.07) is 15.5. The lowest BCUT2D eigenvalue weighted by Gasteiger charge is -2.16. The van der Waals surface area contributed by atoms with Gasteiger partial charge in [-0.1, -0.05) is 41.2 Å². The summed E-state index contributed by atoms with van der Waals surface area (Å²) in [5.41, 5.74) is 4.15. The summed E-state index contributed by atoms with van der Waals surface area (Å²) in [5.74, 6) is 1.04. The summed E-state index contributed by atoms with van der Waals surface area (Å²) in [7, 11) is 1.62. The number of benzene rings is 2. The van der Waals surface area contributed by atoms with Gasteiger partial charge in [0, 0.05) is 18.3 Å². The predicted molar refractivity (Wildman–Crippen MR) is 114 cm³/mol. The molecule has 0 saturated carbocycles. The van der Waals surface area contributed by atoms with Crippen LogP contribution in [-0.4, -0.2) is 50.3 Å². The van der Waals surface area contributed by atoms with Gasteiger partial charge in [0.1, 0.15) is 17.1 Å². The Morgan fingerprint density at radius 1 is 1.17 bits per heavy atom. The van der Waals surface area contributed by atoms with E-state index in [1.807, 2.05) is 47.4 Å². The van der Waals surface area contributed by atoms with Crippen LogP contribution < -0.4 is 9.64 Å². The fraction of sp³-hybridized carbons (Fsp3) is 0.190. The molecule has 3 heterocycles. The quantitative estimate of drug-likeness (QED) is 0.364. The Labute approximate surface area is 176 Å². The lowest BCUT2D eigenvalue weighted by Crippen LogP contribution is -2.30. The second-order valence-electron chi connectivity index (χ2n) is 6.77. The highest BCUT2D eigenvalue weighted by Gasteiger charge is 2.24. The van der Waals surface area contributed by atoms with Crippen LogP contribution in [0.25, 0.3) is 16.9 Å². The Kier molecular flexibility index (Phi) is 4.80.